The van der Waals surface area contributed by atoms with E-state index in [1.807, 2.05) is 78.9 Å². The van der Waals surface area contributed by atoms with Crippen LogP contribution in [0.15, 0.2) is 91.0 Å². The van der Waals surface area contributed by atoms with Crippen LogP contribution >= 0.6 is 0 Å². The zero-order chi connectivity index (χ0) is 45.0. The fraction of sp³-hybridized carbons (Fsp3) is 0.429. The van der Waals surface area contributed by atoms with E-state index in [9.17, 15) is 28.8 Å². The van der Waals surface area contributed by atoms with Crippen LogP contribution in [0, 0.1) is 0 Å². The maximum absolute atomic E-state index is 13.7. The minimum atomic E-state index is -1.17. The van der Waals surface area contributed by atoms with Gasteiger partial charge in [-0.25, -0.2) is 14.4 Å². The second kappa shape index (κ2) is 21.0. The first-order chi connectivity index (χ1) is 29.4. The third-order valence-electron chi connectivity index (χ3n) is 10.3. The zero-order valence-electron chi connectivity index (χ0n) is 36.8. The predicted octanol–water partition coefficient (Wildman–Crippen LogP) is 7.67. The van der Waals surface area contributed by atoms with Gasteiger partial charge < -0.3 is 35.5 Å². The first-order valence-electron chi connectivity index (χ1n) is 21.3. The van der Waals surface area contributed by atoms with Gasteiger partial charge >= 0.3 is 24.1 Å². The van der Waals surface area contributed by atoms with E-state index in [-0.39, 0.29) is 50.5 Å². The van der Waals surface area contributed by atoms with Crippen LogP contribution in [0.1, 0.15) is 103 Å². The molecule has 4 amide bonds. The number of hydrogen-bond acceptors (Lipinski definition) is 9. The van der Waals surface area contributed by atoms with E-state index in [0.29, 0.717) is 12.8 Å². The van der Waals surface area contributed by atoms with Crippen LogP contribution in [-0.2, 0) is 39.8 Å². The summed E-state index contributed by atoms with van der Waals surface area (Å²) in [4.78, 5) is 78.2. The Morgan fingerprint density at radius 3 is 1.87 bits per heavy atom. The molecule has 0 spiro atoms. The Hall–Kier alpha value is -6.24. The number of carbonyl (C=O) groups is 6. The monoisotopic (exact) mass is 848 g/mol. The van der Waals surface area contributed by atoms with Crippen molar-refractivity contribution in [1.82, 2.24) is 21.3 Å². The van der Waals surface area contributed by atoms with Crippen LogP contribution in [0.5, 0.6) is 0 Å². The number of unbranched alkanes of at least 4 members (excludes halogenated alkanes) is 1. The molecule has 5 rings (SSSR count). The largest absolute Gasteiger partial charge is 0.460 e. The fourth-order valence-electron chi connectivity index (χ4n) is 7.41. The minimum Gasteiger partial charge on any atom is -0.460 e. The van der Waals surface area contributed by atoms with Gasteiger partial charge in [0, 0.05) is 25.3 Å². The molecule has 3 atom stereocenters. The number of hydrogen-bond donors (Lipinski definition) is 4. The third kappa shape index (κ3) is 13.9. The second-order valence-electron chi connectivity index (χ2n) is 17.7. The predicted molar refractivity (Wildman–Crippen MR) is 237 cm³/mol. The van der Waals surface area contributed by atoms with Crippen molar-refractivity contribution in [2.75, 3.05) is 13.2 Å². The Morgan fingerprint density at radius 2 is 1.24 bits per heavy atom. The summed E-state index contributed by atoms with van der Waals surface area (Å²) in [6.45, 7) is 12.0. The van der Waals surface area contributed by atoms with Crippen LogP contribution < -0.4 is 21.3 Å². The molecule has 4 N–H and O–H groups in total. The highest BCUT2D eigenvalue weighted by Gasteiger charge is 2.31. The van der Waals surface area contributed by atoms with Crippen molar-refractivity contribution in [3.8, 4) is 11.1 Å². The smallest absolute Gasteiger partial charge is 0.407 e. The Kier molecular flexibility index (Phi) is 15.9. The number of ether oxygens (including phenoxy) is 3. The molecule has 1 unspecified atom stereocenters. The van der Waals surface area contributed by atoms with E-state index in [1.54, 1.807) is 41.5 Å². The zero-order valence-corrected chi connectivity index (χ0v) is 36.8. The van der Waals surface area contributed by atoms with Gasteiger partial charge in [-0.05, 0) is 113 Å². The van der Waals surface area contributed by atoms with Crippen LogP contribution in [0.25, 0.3) is 21.9 Å². The van der Waals surface area contributed by atoms with Crippen LogP contribution in [0.2, 0.25) is 0 Å². The molecule has 0 radical (unpaired) electrons. The molecule has 0 saturated heterocycles. The summed E-state index contributed by atoms with van der Waals surface area (Å²) in [5, 5.41) is 13.0. The van der Waals surface area contributed by atoms with Gasteiger partial charge in [0.2, 0.25) is 5.91 Å². The summed E-state index contributed by atoms with van der Waals surface area (Å²) in [6.07, 6.45) is 0.463. The Morgan fingerprint density at radius 1 is 0.645 bits per heavy atom. The van der Waals surface area contributed by atoms with Crippen molar-refractivity contribution in [2.24, 2.45) is 0 Å². The van der Waals surface area contributed by atoms with E-state index in [2.05, 4.69) is 33.4 Å². The molecule has 0 aromatic heterocycles. The molecule has 4 aromatic rings. The highest BCUT2D eigenvalue weighted by Crippen LogP contribution is 2.44. The Bertz CT molecular complexity index is 2200. The van der Waals surface area contributed by atoms with Gasteiger partial charge in [-0.3, -0.25) is 14.4 Å². The molecule has 0 saturated carbocycles. The van der Waals surface area contributed by atoms with Gasteiger partial charge in [0.1, 0.15) is 29.9 Å². The summed E-state index contributed by atoms with van der Waals surface area (Å²) in [5.74, 6) is -2.09. The van der Waals surface area contributed by atoms with Gasteiger partial charge in [-0.1, -0.05) is 91.0 Å². The average molecular weight is 849 g/mol. The van der Waals surface area contributed by atoms with Crippen molar-refractivity contribution >= 4 is 46.5 Å². The lowest BCUT2D eigenvalue weighted by Crippen LogP contribution is -2.52. The minimum absolute atomic E-state index is 0.0697. The summed E-state index contributed by atoms with van der Waals surface area (Å²) < 4.78 is 16.6. The van der Waals surface area contributed by atoms with Crippen molar-refractivity contribution in [3.05, 3.63) is 108 Å². The van der Waals surface area contributed by atoms with E-state index in [4.69, 9.17) is 14.2 Å². The molecule has 1 aliphatic carbocycles. The van der Waals surface area contributed by atoms with E-state index >= 15 is 0 Å². The maximum atomic E-state index is 13.7. The lowest BCUT2D eigenvalue weighted by Gasteiger charge is -2.26. The molecule has 62 heavy (non-hydrogen) atoms. The Labute approximate surface area is 364 Å². The topological polar surface area (TPSA) is 178 Å². The van der Waals surface area contributed by atoms with Crippen LogP contribution in [0.4, 0.5) is 9.59 Å². The number of fused-ring (bicyclic) bond motifs is 4. The van der Waals surface area contributed by atoms with Gasteiger partial charge in [-0.2, -0.15) is 0 Å². The van der Waals surface area contributed by atoms with E-state index in [0.717, 1.165) is 38.6 Å². The lowest BCUT2D eigenvalue weighted by atomic mass is 9.98. The van der Waals surface area contributed by atoms with Crippen molar-refractivity contribution < 1.29 is 43.0 Å². The number of nitrogens with one attached hydrogen (secondary N) is 4. The molecular formula is C49H60N4O9. The number of Topliss-reactive ketones (excluding diaryl/α,β-unsaturated/α-hetero) is 1. The number of rotatable bonds is 18. The molecular weight excluding hydrogens is 789 g/mol. The number of alkyl carbamates (subject to hydrolysis) is 1. The normalized spacial score (nSPS) is 13.7. The van der Waals surface area contributed by atoms with Gasteiger partial charge in [0.05, 0.1) is 6.04 Å². The number of urea groups is 1. The standard InChI is InChI=1S/C49H60N4O9/c1-31(54)40(51-46(58)52-41(45(57)62-49(5,6)7)25-26-43(55)61-48(2,3)4)22-14-15-27-50-44(56)42(29-32-23-24-33-16-8-9-17-34(33)28-32)53-47(59)60-30-39-37-20-12-10-18-35(37)36-19-11-13-21-38(36)39/h8-13,16-21,23-24,28,39-42H,14-15,22,25-27,29-30H2,1-7H3,(H,50,56)(H,53,59)(H2,51,52,58)/t40-,41-,42?/m0/s1. The second-order valence-corrected chi connectivity index (χ2v) is 17.7. The number of ketones is 1. The molecule has 4 aromatic carbocycles. The highest BCUT2D eigenvalue weighted by atomic mass is 16.6. The SMILES string of the molecule is CC(=O)[C@H](CCCCNC(=O)C(Cc1ccc2ccccc2c1)NC(=O)OCC1c2ccccc2-c2ccccc21)NC(=O)N[C@@H](CCC(=O)OC(C)(C)C)C(=O)OC(C)(C)C. The van der Waals surface area contributed by atoms with Gasteiger partial charge in [0.15, 0.2) is 5.78 Å². The van der Waals surface area contributed by atoms with Gasteiger partial charge in [0.25, 0.3) is 0 Å². The molecule has 0 heterocycles. The quantitative estimate of drug-likeness (QED) is 0.0445. The first kappa shape index (κ1) is 46.8. The highest BCUT2D eigenvalue weighted by molar-refractivity contribution is 5.90. The molecule has 13 nitrogen and oxygen atoms in total. The molecule has 330 valence electrons. The molecule has 0 fully saturated rings. The average Bonchev–Trinajstić information content (AvgIpc) is 3.52. The third-order valence-corrected chi connectivity index (χ3v) is 10.3. The molecule has 1 aliphatic rings. The summed E-state index contributed by atoms with van der Waals surface area (Å²) in [6, 6.07) is 26.2. The summed E-state index contributed by atoms with van der Waals surface area (Å²) in [5.41, 5.74) is 3.67. The molecule has 13 heteroatoms. The van der Waals surface area contributed by atoms with E-state index in [1.165, 1.54) is 6.92 Å². The number of carbonyl (C=O) groups excluding carboxylic acids is 6. The van der Waals surface area contributed by atoms with Crippen molar-refractivity contribution in [2.45, 2.75) is 122 Å². The molecule has 0 aliphatic heterocycles. The lowest BCUT2D eigenvalue weighted by molar-refractivity contribution is -0.158. The maximum Gasteiger partial charge on any atom is 0.407 e. The van der Waals surface area contributed by atoms with Crippen LogP contribution in [-0.4, -0.2) is 78.2 Å². The summed E-state index contributed by atoms with van der Waals surface area (Å²) >= 11 is 0. The van der Waals surface area contributed by atoms with Gasteiger partial charge in [-0.15, -0.1) is 0 Å². The summed E-state index contributed by atoms with van der Waals surface area (Å²) in [7, 11) is 0. The fourth-order valence-corrected chi connectivity index (χ4v) is 7.41. The molecule has 0 bridgehead atoms. The van der Waals surface area contributed by atoms with E-state index < -0.39 is 59.3 Å². The first-order valence-corrected chi connectivity index (χ1v) is 21.3. The number of esters is 2. The number of benzene rings is 4. The Balaban J connectivity index is 1.16. The van der Waals surface area contributed by atoms with Crippen molar-refractivity contribution in [3.63, 3.8) is 0 Å². The van der Waals surface area contributed by atoms with Crippen molar-refractivity contribution in [1.29, 1.82) is 0 Å². The van der Waals surface area contributed by atoms with Crippen LogP contribution in [0.3, 0.4) is 0 Å². The number of amides is 4.